The predicted octanol–water partition coefficient (Wildman–Crippen LogP) is -0.534. The standard InChI is InChI=1S/C29H36N6O7/c1-16(36)25(29(41)42)35-28(40)23(13-17-7-3-2-4-8-17)34-27(39)22(11-12-24(31)37)33-26(38)20(30)14-18-15-32-21-10-6-5-9-19(18)21/h2-10,15-16,20,22-23,25,32,36H,11-14,30H2,1H3,(H2,31,37)(H,33,38)(H,34,39)(H,35,40)(H,41,42). The first-order valence-corrected chi connectivity index (χ1v) is 13.4. The number of aromatic amines is 1. The Bertz CT molecular complexity index is 1410. The summed E-state index contributed by atoms with van der Waals surface area (Å²) < 4.78 is 0. The fourth-order valence-corrected chi connectivity index (χ4v) is 4.44. The summed E-state index contributed by atoms with van der Waals surface area (Å²) in [5.41, 5.74) is 13.8. The van der Waals surface area contributed by atoms with Gasteiger partial charge in [0.2, 0.25) is 23.6 Å². The SMILES string of the molecule is CC(O)C(NC(=O)C(Cc1ccccc1)NC(=O)C(CCC(N)=O)NC(=O)C(N)Cc1c[nH]c2ccccc12)C(=O)O. The molecule has 1 aromatic heterocycles. The molecule has 4 amide bonds. The van der Waals surface area contributed by atoms with Crippen molar-refractivity contribution < 1.29 is 34.2 Å². The molecule has 0 fully saturated rings. The highest BCUT2D eigenvalue weighted by Crippen LogP contribution is 2.19. The third kappa shape index (κ3) is 8.88. The molecule has 10 N–H and O–H groups in total. The number of rotatable bonds is 15. The van der Waals surface area contributed by atoms with Crippen LogP contribution < -0.4 is 27.4 Å². The highest BCUT2D eigenvalue weighted by atomic mass is 16.4. The number of carbonyl (C=O) groups is 5. The van der Waals surface area contributed by atoms with Crippen LogP contribution in [0.2, 0.25) is 0 Å². The highest BCUT2D eigenvalue weighted by molar-refractivity contribution is 5.95. The number of carboxylic acid groups (broad SMARTS) is 1. The molecule has 42 heavy (non-hydrogen) atoms. The molecule has 0 spiro atoms. The molecule has 3 aromatic rings. The molecule has 0 radical (unpaired) electrons. The summed E-state index contributed by atoms with van der Waals surface area (Å²) in [6.45, 7) is 1.21. The quantitative estimate of drug-likeness (QED) is 0.116. The minimum atomic E-state index is -1.62. The van der Waals surface area contributed by atoms with E-state index in [0.717, 1.165) is 16.5 Å². The molecule has 224 valence electrons. The Hall–Kier alpha value is -4.75. The van der Waals surface area contributed by atoms with E-state index in [9.17, 15) is 34.2 Å². The van der Waals surface area contributed by atoms with Crippen molar-refractivity contribution in [3.8, 4) is 0 Å². The zero-order chi connectivity index (χ0) is 30.8. The summed E-state index contributed by atoms with van der Waals surface area (Å²) in [6.07, 6.45) is 0.0584. The summed E-state index contributed by atoms with van der Waals surface area (Å²) in [5, 5.41) is 27.4. The van der Waals surface area contributed by atoms with Gasteiger partial charge in [-0.2, -0.15) is 0 Å². The molecule has 5 unspecified atom stereocenters. The van der Waals surface area contributed by atoms with Gasteiger partial charge >= 0.3 is 5.97 Å². The second-order valence-corrected chi connectivity index (χ2v) is 10.1. The molecule has 0 saturated carbocycles. The first-order valence-electron chi connectivity index (χ1n) is 13.4. The number of aliphatic hydroxyl groups is 1. The van der Waals surface area contributed by atoms with Crippen LogP contribution in [0.4, 0.5) is 0 Å². The number of carbonyl (C=O) groups excluding carboxylic acids is 4. The van der Waals surface area contributed by atoms with Crippen LogP contribution in [0.15, 0.2) is 60.8 Å². The van der Waals surface area contributed by atoms with Gasteiger partial charge in [0.1, 0.15) is 12.1 Å². The molecular weight excluding hydrogens is 544 g/mol. The third-order valence-electron chi connectivity index (χ3n) is 6.73. The molecule has 3 rings (SSSR count). The van der Waals surface area contributed by atoms with Gasteiger partial charge in [0, 0.05) is 29.9 Å². The maximum atomic E-state index is 13.4. The zero-order valence-corrected chi connectivity index (χ0v) is 23.1. The van der Waals surface area contributed by atoms with Crippen LogP contribution >= 0.6 is 0 Å². The Morgan fingerprint density at radius 1 is 0.857 bits per heavy atom. The monoisotopic (exact) mass is 580 g/mol. The largest absolute Gasteiger partial charge is 0.480 e. The van der Waals surface area contributed by atoms with Crippen molar-refractivity contribution in [3.63, 3.8) is 0 Å². The fourth-order valence-electron chi connectivity index (χ4n) is 4.44. The second-order valence-electron chi connectivity index (χ2n) is 10.1. The Balaban J connectivity index is 1.77. The molecular formula is C29H36N6O7. The van der Waals surface area contributed by atoms with E-state index in [0.29, 0.717) is 5.56 Å². The molecule has 0 aliphatic carbocycles. The Morgan fingerprint density at radius 2 is 1.48 bits per heavy atom. The molecule has 0 bridgehead atoms. The van der Waals surface area contributed by atoms with E-state index in [4.69, 9.17) is 11.5 Å². The number of nitrogens with one attached hydrogen (secondary N) is 4. The number of H-pyrrole nitrogens is 1. The summed E-state index contributed by atoms with van der Waals surface area (Å²) >= 11 is 0. The van der Waals surface area contributed by atoms with Crippen molar-refractivity contribution in [2.45, 2.75) is 62.9 Å². The van der Waals surface area contributed by atoms with E-state index in [2.05, 4.69) is 20.9 Å². The van der Waals surface area contributed by atoms with Crippen LogP contribution in [0.25, 0.3) is 10.9 Å². The number of aromatic nitrogens is 1. The number of nitrogens with two attached hydrogens (primary N) is 2. The number of primary amides is 1. The van der Waals surface area contributed by atoms with Crippen molar-refractivity contribution in [2.75, 3.05) is 0 Å². The van der Waals surface area contributed by atoms with Gasteiger partial charge in [-0.15, -0.1) is 0 Å². The topological polar surface area (TPSA) is 230 Å². The van der Waals surface area contributed by atoms with E-state index in [1.54, 1.807) is 36.5 Å². The lowest BCUT2D eigenvalue weighted by atomic mass is 10.0. The highest BCUT2D eigenvalue weighted by Gasteiger charge is 2.32. The van der Waals surface area contributed by atoms with Crippen LogP contribution in [0.1, 0.15) is 30.9 Å². The van der Waals surface area contributed by atoms with Gasteiger partial charge in [-0.05, 0) is 37.0 Å². The minimum absolute atomic E-state index is 0.0267. The number of hydrogen-bond donors (Lipinski definition) is 8. The molecule has 0 aliphatic heterocycles. The summed E-state index contributed by atoms with van der Waals surface area (Å²) in [6, 6.07) is 10.9. The predicted molar refractivity (Wildman–Crippen MR) is 154 cm³/mol. The van der Waals surface area contributed by atoms with Crippen molar-refractivity contribution in [2.24, 2.45) is 11.5 Å². The number of benzene rings is 2. The molecule has 0 saturated heterocycles. The third-order valence-corrected chi connectivity index (χ3v) is 6.73. The van der Waals surface area contributed by atoms with Crippen LogP contribution in [0.5, 0.6) is 0 Å². The van der Waals surface area contributed by atoms with E-state index >= 15 is 0 Å². The average Bonchev–Trinajstić information content (AvgIpc) is 3.35. The van der Waals surface area contributed by atoms with Gasteiger partial charge in [-0.25, -0.2) is 4.79 Å². The average molecular weight is 581 g/mol. The van der Waals surface area contributed by atoms with Gasteiger partial charge in [0.05, 0.1) is 12.1 Å². The molecule has 13 heteroatoms. The van der Waals surface area contributed by atoms with Gasteiger partial charge < -0.3 is 42.6 Å². The first-order chi connectivity index (χ1) is 20.0. The summed E-state index contributed by atoms with van der Waals surface area (Å²) in [4.78, 5) is 65.7. The van der Waals surface area contributed by atoms with E-state index < -0.39 is 59.9 Å². The number of aliphatic carboxylic acids is 1. The van der Waals surface area contributed by atoms with Gasteiger partial charge in [-0.1, -0.05) is 48.5 Å². The number of amides is 4. The Kier molecular flexibility index (Phi) is 11.2. The lowest BCUT2D eigenvalue weighted by molar-refractivity contribution is -0.145. The van der Waals surface area contributed by atoms with E-state index in [-0.39, 0.29) is 25.7 Å². The fraction of sp³-hybridized carbons (Fsp3) is 0.345. The maximum Gasteiger partial charge on any atom is 0.328 e. The zero-order valence-electron chi connectivity index (χ0n) is 23.1. The first kappa shape index (κ1) is 31.8. The Labute approximate surface area is 242 Å². The van der Waals surface area contributed by atoms with Crippen molar-refractivity contribution in [3.05, 3.63) is 71.9 Å². The summed E-state index contributed by atoms with van der Waals surface area (Å²) in [7, 11) is 0. The molecule has 0 aliphatic rings. The molecule has 5 atom stereocenters. The lowest BCUT2D eigenvalue weighted by Gasteiger charge is -2.26. The Morgan fingerprint density at radius 3 is 2.12 bits per heavy atom. The molecule has 13 nitrogen and oxygen atoms in total. The van der Waals surface area contributed by atoms with Crippen LogP contribution in [-0.2, 0) is 36.8 Å². The van der Waals surface area contributed by atoms with E-state index in [1.165, 1.54) is 6.92 Å². The van der Waals surface area contributed by atoms with Crippen molar-refractivity contribution >= 4 is 40.5 Å². The summed E-state index contributed by atoms with van der Waals surface area (Å²) in [5.74, 6) is -4.49. The minimum Gasteiger partial charge on any atom is -0.480 e. The lowest BCUT2D eigenvalue weighted by Crippen LogP contribution is -2.59. The number of fused-ring (bicyclic) bond motifs is 1. The van der Waals surface area contributed by atoms with Gasteiger partial charge in [0.15, 0.2) is 6.04 Å². The van der Waals surface area contributed by atoms with E-state index in [1.807, 2.05) is 24.3 Å². The number of carboxylic acids is 1. The number of aliphatic hydroxyl groups excluding tert-OH is 1. The van der Waals surface area contributed by atoms with Crippen LogP contribution in [0.3, 0.4) is 0 Å². The van der Waals surface area contributed by atoms with Crippen molar-refractivity contribution in [1.82, 2.24) is 20.9 Å². The molecule has 2 aromatic carbocycles. The normalized spacial score (nSPS) is 14.6. The van der Waals surface area contributed by atoms with Crippen LogP contribution in [-0.4, -0.2) is 75.1 Å². The number of hydrogen-bond acceptors (Lipinski definition) is 7. The van der Waals surface area contributed by atoms with Crippen LogP contribution in [0, 0.1) is 0 Å². The second kappa shape index (κ2) is 14.8. The number of para-hydroxylation sites is 1. The van der Waals surface area contributed by atoms with Crippen molar-refractivity contribution in [1.29, 1.82) is 0 Å². The molecule has 1 heterocycles. The van der Waals surface area contributed by atoms with Gasteiger partial charge in [-0.3, -0.25) is 19.2 Å². The smallest absolute Gasteiger partial charge is 0.328 e. The maximum absolute atomic E-state index is 13.4. The van der Waals surface area contributed by atoms with Gasteiger partial charge in [0.25, 0.3) is 0 Å².